The minimum Gasteiger partial charge on any atom is -0.301 e. The van der Waals surface area contributed by atoms with Gasteiger partial charge >= 0.3 is 0 Å². The molecule has 0 atom stereocenters. The van der Waals surface area contributed by atoms with Gasteiger partial charge in [-0.25, -0.2) is 0 Å². The van der Waals surface area contributed by atoms with Crippen molar-refractivity contribution in [2.45, 2.75) is 13.5 Å². The Morgan fingerprint density at radius 1 is 0.742 bits per heavy atom. The summed E-state index contributed by atoms with van der Waals surface area (Å²) in [6.45, 7) is 2.43. The third-order valence-corrected chi connectivity index (χ3v) is 5.58. The van der Waals surface area contributed by atoms with Gasteiger partial charge in [-0.3, -0.25) is 9.78 Å². The maximum Gasteiger partial charge on any atom is 0.259 e. The van der Waals surface area contributed by atoms with Gasteiger partial charge in [0.2, 0.25) is 0 Å². The van der Waals surface area contributed by atoms with Crippen molar-refractivity contribution in [3.63, 3.8) is 0 Å². The van der Waals surface area contributed by atoms with E-state index < -0.39 is 0 Å². The lowest BCUT2D eigenvalue weighted by Gasteiger charge is -2.21. The molecule has 2 heterocycles. The predicted octanol–water partition coefficient (Wildman–Crippen LogP) is 6.09. The molecule has 0 fully saturated rings. The van der Waals surface area contributed by atoms with Gasteiger partial charge in [-0.2, -0.15) is 0 Å². The van der Waals surface area contributed by atoms with E-state index in [0.29, 0.717) is 6.54 Å². The summed E-state index contributed by atoms with van der Waals surface area (Å²) in [7, 11) is 0. The second-order valence-corrected chi connectivity index (χ2v) is 7.72. The van der Waals surface area contributed by atoms with Crippen molar-refractivity contribution in [2.75, 3.05) is 0 Å². The summed E-state index contributed by atoms with van der Waals surface area (Å²) in [6, 6.07) is 32.4. The zero-order valence-corrected chi connectivity index (χ0v) is 17.3. The van der Waals surface area contributed by atoms with E-state index in [1.165, 1.54) is 0 Å². The molecule has 31 heavy (non-hydrogen) atoms. The van der Waals surface area contributed by atoms with Crippen molar-refractivity contribution < 1.29 is 0 Å². The normalized spacial score (nSPS) is 11.0. The molecule has 5 rings (SSSR count). The quantitative estimate of drug-likeness (QED) is 0.365. The molecule has 0 amide bonds. The van der Waals surface area contributed by atoms with Gasteiger partial charge in [0.1, 0.15) is 0 Å². The van der Waals surface area contributed by atoms with Crippen LogP contribution in [0.2, 0.25) is 0 Å². The van der Waals surface area contributed by atoms with Gasteiger partial charge in [0.25, 0.3) is 5.56 Å². The van der Waals surface area contributed by atoms with Crippen LogP contribution in [0.25, 0.3) is 33.2 Å². The van der Waals surface area contributed by atoms with Crippen LogP contribution in [-0.4, -0.2) is 9.55 Å². The highest BCUT2D eigenvalue weighted by atomic mass is 16.1. The maximum absolute atomic E-state index is 13.8. The number of rotatable bonds is 4. The van der Waals surface area contributed by atoms with E-state index in [1.54, 1.807) is 6.20 Å². The van der Waals surface area contributed by atoms with E-state index in [9.17, 15) is 4.79 Å². The highest BCUT2D eigenvalue weighted by molar-refractivity contribution is 6.02. The van der Waals surface area contributed by atoms with Crippen LogP contribution in [0.15, 0.2) is 108 Å². The first-order chi connectivity index (χ1) is 15.2. The Kier molecular flexibility index (Phi) is 4.93. The molecule has 0 aliphatic carbocycles. The highest BCUT2D eigenvalue weighted by Gasteiger charge is 2.20. The molecule has 0 aliphatic heterocycles. The van der Waals surface area contributed by atoms with Gasteiger partial charge < -0.3 is 4.57 Å². The Morgan fingerprint density at radius 2 is 1.42 bits per heavy atom. The molecule has 3 nitrogen and oxygen atoms in total. The fraction of sp³-hybridized carbons (Fsp3) is 0.0714. The van der Waals surface area contributed by atoms with Gasteiger partial charge in [0, 0.05) is 17.1 Å². The first-order valence-electron chi connectivity index (χ1n) is 10.4. The van der Waals surface area contributed by atoms with Gasteiger partial charge in [-0.15, -0.1) is 0 Å². The number of aryl methyl sites for hydroxylation is 1. The zero-order valence-electron chi connectivity index (χ0n) is 17.3. The van der Waals surface area contributed by atoms with Gasteiger partial charge in [-0.1, -0.05) is 84.4 Å². The summed E-state index contributed by atoms with van der Waals surface area (Å²) >= 11 is 0. The van der Waals surface area contributed by atoms with Crippen LogP contribution in [0.5, 0.6) is 0 Å². The van der Waals surface area contributed by atoms with Gasteiger partial charge in [0.05, 0.1) is 17.9 Å². The summed E-state index contributed by atoms with van der Waals surface area (Å²) in [4.78, 5) is 18.3. The number of hydrogen-bond acceptors (Lipinski definition) is 2. The lowest BCUT2D eigenvalue weighted by molar-refractivity contribution is 0.756. The average molecular weight is 402 g/mol. The van der Waals surface area contributed by atoms with E-state index in [-0.39, 0.29) is 5.56 Å². The zero-order chi connectivity index (χ0) is 21.2. The molecule has 3 heteroatoms. The Labute approximate surface area is 181 Å². The Balaban J connectivity index is 1.94. The summed E-state index contributed by atoms with van der Waals surface area (Å²) in [6.07, 6.45) is 1.77. The Morgan fingerprint density at radius 3 is 2.10 bits per heavy atom. The monoisotopic (exact) mass is 402 g/mol. The second kappa shape index (κ2) is 8.04. The molecule has 2 aromatic heterocycles. The smallest absolute Gasteiger partial charge is 0.259 e. The minimum atomic E-state index is 0.00267. The minimum absolute atomic E-state index is 0.00267. The first kappa shape index (κ1) is 19.0. The molecule has 0 saturated carbocycles. The summed E-state index contributed by atoms with van der Waals surface area (Å²) < 4.78 is 1.88. The number of fused-ring (bicyclic) bond motifs is 1. The van der Waals surface area contributed by atoms with Crippen LogP contribution in [-0.2, 0) is 6.54 Å². The van der Waals surface area contributed by atoms with Crippen LogP contribution in [0, 0.1) is 6.92 Å². The molecule has 0 N–H and O–H groups in total. The molecule has 0 spiro atoms. The molecule has 0 saturated heterocycles. The van der Waals surface area contributed by atoms with Crippen molar-refractivity contribution >= 4 is 10.8 Å². The number of pyridine rings is 2. The number of hydrogen-bond donors (Lipinski definition) is 0. The molecule has 3 aromatic carbocycles. The summed E-state index contributed by atoms with van der Waals surface area (Å²) in [5, 5.41) is 1.70. The average Bonchev–Trinajstić information content (AvgIpc) is 2.82. The molecular formula is C28H22N2O. The molecule has 0 radical (unpaired) electrons. The van der Waals surface area contributed by atoms with Crippen LogP contribution in [0.1, 0.15) is 11.3 Å². The van der Waals surface area contributed by atoms with Crippen molar-refractivity contribution in [1.29, 1.82) is 0 Å². The van der Waals surface area contributed by atoms with Gasteiger partial charge in [0.15, 0.2) is 0 Å². The van der Waals surface area contributed by atoms with Crippen molar-refractivity contribution in [3.8, 4) is 22.4 Å². The Bertz CT molecular complexity index is 1410. The van der Waals surface area contributed by atoms with E-state index in [2.05, 4.69) is 41.4 Å². The SMILES string of the molecule is Cc1ccc2c(-c3ccccc3)c(-c3ccccc3)n(Cc3ccccn3)c(=O)c2c1. The number of nitrogens with zero attached hydrogens (tertiary/aromatic N) is 2. The first-order valence-corrected chi connectivity index (χ1v) is 10.4. The largest absolute Gasteiger partial charge is 0.301 e. The van der Waals surface area contributed by atoms with Crippen LogP contribution >= 0.6 is 0 Å². The van der Waals surface area contributed by atoms with Crippen LogP contribution < -0.4 is 5.56 Å². The number of aromatic nitrogens is 2. The fourth-order valence-corrected chi connectivity index (χ4v) is 4.16. The lowest BCUT2D eigenvalue weighted by Crippen LogP contribution is -2.24. The Hall–Kier alpha value is -3.98. The third kappa shape index (κ3) is 3.55. The summed E-state index contributed by atoms with van der Waals surface area (Å²) in [5.41, 5.74) is 6.01. The highest BCUT2D eigenvalue weighted by Crippen LogP contribution is 2.37. The number of benzene rings is 3. The van der Waals surface area contributed by atoms with Crippen molar-refractivity contribution in [3.05, 3.63) is 125 Å². The molecule has 0 unspecified atom stereocenters. The van der Waals surface area contributed by atoms with Crippen LogP contribution in [0.4, 0.5) is 0 Å². The standard InChI is InChI=1S/C28H22N2O/c1-20-15-16-24-25(18-20)28(31)30(19-23-14-8-9-17-29-23)27(22-12-6-3-7-13-22)26(24)21-10-4-2-5-11-21/h2-18H,19H2,1H3. The van der Waals surface area contributed by atoms with Crippen molar-refractivity contribution in [2.24, 2.45) is 0 Å². The lowest BCUT2D eigenvalue weighted by atomic mass is 9.93. The molecule has 0 aliphatic rings. The third-order valence-electron chi connectivity index (χ3n) is 5.58. The van der Waals surface area contributed by atoms with E-state index in [0.717, 1.165) is 44.4 Å². The second-order valence-electron chi connectivity index (χ2n) is 7.72. The van der Waals surface area contributed by atoms with Crippen LogP contribution in [0.3, 0.4) is 0 Å². The topological polar surface area (TPSA) is 34.9 Å². The van der Waals surface area contributed by atoms with E-state index >= 15 is 0 Å². The molecule has 150 valence electrons. The van der Waals surface area contributed by atoms with Crippen molar-refractivity contribution in [1.82, 2.24) is 9.55 Å². The maximum atomic E-state index is 13.8. The fourth-order valence-electron chi connectivity index (χ4n) is 4.16. The van der Waals surface area contributed by atoms with E-state index in [4.69, 9.17) is 0 Å². The van der Waals surface area contributed by atoms with Gasteiger partial charge in [-0.05, 0) is 41.6 Å². The molecular weight excluding hydrogens is 380 g/mol. The summed E-state index contributed by atoms with van der Waals surface area (Å²) in [5.74, 6) is 0. The molecule has 0 bridgehead atoms. The predicted molar refractivity (Wildman–Crippen MR) is 127 cm³/mol. The van der Waals surface area contributed by atoms with E-state index in [1.807, 2.05) is 72.2 Å². The molecule has 5 aromatic rings.